The number of methoxy groups -OCH3 is 1. The van der Waals surface area contributed by atoms with Crippen LogP contribution in [0.25, 0.3) is 0 Å². The van der Waals surface area contributed by atoms with Crippen LogP contribution >= 0.6 is 0 Å². The van der Waals surface area contributed by atoms with Gasteiger partial charge in [-0.3, -0.25) is 0 Å². The van der Waals surface area contributed by atoms with Gasteiger partial charge in [-0.05, 0) is 24.3 Å². The number of hydrogen-bond donors (Lipinski definition) is 1. The number of ether oxygens (including phenoxy) is 1. The van der Waals surface area contributed by atoms with Gasteiger partial charge in [-0.1, -0.05) is 6.07 Å². The van der Waals surface area contributed by atoms with Gasteiger partial charge in [0, 0.05) is 37.9 Å². The van der Waals surface area contributed by atoms with Crippen molar-refractivity contribution in [3.05, 3.63) is 42.6 Å². The van der Waals surface area contributed by atoms with Gasteiger partial charge in [-0.25, -0.2) is 4.98 Å². The topological polar surface area (TPSA) is 54.6 Å². The molecule has 0 amide bonds. The predicted molar refractivity (Wildman–Crippen MR) is 86.1 cm³/mol. The smallest absolute Gasteiger partial charge is 0.128 e. The lowest BCUT2D eigenvalue weighted by Gasteiger charge is -2.36. The maximum Gasteiger partial charge on any atom is 0.128 e. The zero-order valence-electron chi connectivity index (χ0n) is 12.2. The number of rotatable bonds is 3. The van der Waals surface area contributed by atoms with Crippen LogP contribution in [0.3, 0.4) is 0 Å². The molecule has 0 aliphatic carbocycles. The quantitative estimate of drug-likeness (QED) is 0.934. The number of aromatic nitrogens is 1. The van der Waals surface area contributed by atoms with Crippen molar-refractivity contribution in [2.75, 3.05) is 48.8 Å². The van der Waals surface area contributed by atoms with E-state index in [0.29, 0.717) is 5.69 Å². The summed E-state index contributed by atoms with van der Waals surface area (Å²) in [6, 6.07) is 12.1. The standard InChI is InChI=1S/C16H20N4O/c1-21-15-4-2-3-14(11-15)19-7-9-20(10-8-19)16-6-5-13(17)12-18-16/h2-6,11-12H,7-10,17H2,1H3. The highest BCUT2D eigenvalue weighted by atomic mass is 16.5. The number of piperazine rings is 1. The molecule has 1 fully saturated rings. The summed E-state index contributed by atoms with van der Waals surface area (Å²) in [4.78, 5) is 9.05. The molecular formula is C16H20N4O. The Labute approximate surface area is 125 Å². The van der Waals surface area contributed by atoms with E-state index in [1.165, 1.54) is 5.69 Å². The van der Waals surface area contributed by atoms with Gasteiger partial charge in [-0.15, -0.1) is 0 Å². The largest absolute Gasteiger partial charge is 0.497 e. The van der Waals surface area contributed by atoms with E-state index in [0.717, 1.165) is 37.7 Å². The first-order chi connectivity index (χ1) is 10.3. The van der Waals surface area contributed by atoms with Crippen molar-refractivity contribution in [3.8, 4) is 5.75 Å². The second kappa shape index (κ2) is 5.91. The van der Waals surface area contributed by atoms with E-state index >= 15 is 0 Å². The summed E-state index contributed by atoms with van der Waals surface area (Å²) >= 11 is 0. The van der Waals surface area contributed by atoms with E-state index in [1.54, 1.807) is 13.3 Å². The van der Waals surface area contributed by atoms with Crippen molar-refractivity contribution >= 4 is 17.2 Å². The molecule has 0 saturated carbocycles. The second-order valence-corrected chi connectivity index (χ2v) is 5.13. The third kappa shape index (κ3) is 3.02. The van der Waals surface area contributed by atoms with Gasteiger partial charge < -0.3 is 20.3 Å². The first kappa shape index (κ1) is 13.5. The summed E-state index contributed by atoms with van der Waals surface area (Å²) in [5.74, 6) is 1.89. The van der Waals surface area contributed by atoms with E-state index in [9.17, 15) is 0 Å². The van der Waals surface area contributed by atoms with Crippen molar-refractivity contribution in [1.82, 2.24) is 4.98 Å². The van der Waals surface area contributed by atoms with Crippen LogP contribution < -0.4 is 20.3 Å². The Kier molecular flexibility index (Phi) is 3.81. The molecule has 5 nitrogen and oxygen atoms in total. The minimum Gasteiger partial charge on any atom is -0.497 e. The summed E-state index contributed by atoms with van der Waals surface area (Å²) in [5.41, 5.74) is 7.59. The fraction of sp³-hybridized carbons (Fsp3) is 0.312. The van der Waals surface area contributed by atoms with E-state index in [-0.39, 0.29) is 0 Å². The molecule has 1 aromatic carbocycles. The van der Waals surface area contributed by atoms with Crippen LogP contribution in [0.15, 0.2) is 42.6 Å². The fourth-order valence-electron chi connectivity index (χ4n) is 2.59. The SMILES string of the molecule is COc1cccc(N2CCN(c3ccc(N)cn3)CC2)c1. The molecule has 5 heteroatoms. The predicted octanol–water partition coefficient (Wildman–Crippen LogP) is 2.00. The van der Waals surface area contributed by atoms with Gasteiger partial charge in [0.2, 0.25) is 0 Å². The van der Waals surface area contributed by atoms with E-state index < -0.39 is 0 Å². The molecule has 1 saturated heterocycles. The molecule has 1 aliphatic rings. The van der Waals surface area contributed by atoms with Crippen LogP contribution in [-0.2, 0) is 0 Å². The number of anilines is 3. The molecule has 0 spiro atoms. The van der Waals surface area contributed by atoms with Gasteiger partial charge in [0.1, 0.15) is 11.6 Å². The molecule has 0 atom stereocenters. The molecule has 110 valence electrons. The van der Waals surface area contributed by atoms with Gasteiger partial charge in [0.25, 0.3) is 0 Å². The van der Waals surface area contributed by atoms with Crippen molar-refractivity contribution in [2.45, 2.75) is 0 Å². The first-order valence-electron chi connectivity index (χ1n) is 7.12. The summed E-state index contributed by atoms with van der Waals surface area (Å²) in [7, 11) is 1.70. The van der Waals surface area contributed by atoms with Crippen LogP contribution in [0.5, 0.6) is 5.75 Å². The Bertz CT molecular complexity index is 591. The number of nitrogens with two attached hydrogens (primary N) is 1. The second-order valence-electron chi connectivity index (χ2n) is 5.13. The van der Waals surface area contributed by atoms with Gasteiger partial charge in [0.15, 0.2) is 0 Å². The molecule has 2 N–H and O–H groups in total. The Morgan fingerprint density at radius 2 is 1.81 bits per heavy atom. The Morgan fingerprint density at radius 3 is 2.48 bits per heavy atom. The minimum atomic E-state index is 0.703. The number of pyridine rings is 1. The lowest BCUT2D eigenvalue weighted by molar-refractivity contribution is 0.414. The molecule has 21 heavy (non-hydrogen) atoms. The van der Waals surface area contributed by atoms with Crippen LogP contribution in [0, 0.1) is 0 Å². The Balaban J connectivity index is 1.65. The van der Waals surface area contributed by atoms with E-state index in [1.807, 2.05) is 24.3 Å². The third-order valence-corrected chi connectivity index (χ3v) is 3.79. The molecule has 2 aromatic rings. The molecule has 0 radical (unpaired) electrons. The van der Waals surface area contributed by atoms with Crippen molar-refractivity contribution < 1.29 is 4.74 Å². The number of nitrogens with zero attached hydrogens (tertiary/aromatic N) is 3. The summed E-state index contributed by atoms with van der Waals surface area (Å²) in [6.07, 6.45) is 1.71. The zero-order valence-corrected chi connectivity index (χ0v) is 12.2. The van der Waals surface area contributed by atoms with E-state index in [2.05, 4.69) is 26.9 Å². The number of benzene rings is 1. The first-order valence-corrected chi connectivity index (χ1v) is 7.12. The summed E-state index contributed by atoms with van der Waals surface area (Å²) in [6.45, 7) is 3.85. The van der Waals surface area contributed by atoms with Crippen LogP contribution in [0.2, 0.25) is 0 Å². The molecule has 3 rings (SSSR count). The maximum absolute atomic E-state index is 5.68. The summed E-state index contributed by atoms with van der Waals surface area (Å²) < 4.78 is 5.29. The number of nitrogen functional groups attached to an aromatic ring is 1. The average molecular weight is 284 g/mol. The van der Waals surface area contributed by atoms with Crippen molar-refractivity contribution in [1.29, 1.82) is 0 Å². The highest BCUT2D eigenvalue weighted by Crippen LogP contribution is 2.23. The lowest BCUT2D eigenvalue weighted by Crippen LogP contribution is -2.46. The highest BCUT2D eigenvalue weighted by molar-refractivity contribution is 5.53. The Morgan fingerprint density at radius 1 is 1.05 bits per heavy atom. The minimum absolute atomic E-state index is 0.703. The summed E-state index contributed by atoms with van der Waals surface area (Å²) in [5, 5.41) is 0. The monoisotopic (exact) mass is 284 g/mol. The van der Waals surface area contributed by atoms with Gasteiger partial charge >= 0.3 is 0 Å². The van der Waals surface area contributed by atoms with Crippen LogP contribution in [0.4, 0.5) is 17.2 Å². The van der Waals surface area contributed by atoms with E-state index in [4.69, 9.17) is 10.5 Å². The Hall–Kier alpha value is -2.43. The zero-order chi connectivity index (χ0) is 14.7. The molecule has 2 heterocycles. The average Bonchev–Trinajstić information content (AvgIpc) is 2.56. The van der Waals surface area contributed by atoms with Crippen LogP contribution in [0.1, 0.15) is 0 Å². The maximum atomic E-state index is 5.68. The van der Waals surface area contributed by atoms with Crippen molar-refractivity contribution in [3.63, 3.8) is 0 Å². The molecule has 1 aromatic heterocycles. The normalized spacial score (nSPS) is 15.1. The molecule has 0 bridgehead atoms. The fourth-order valence-corrected chi connectivity index (χ4v) is 2.59. The number of hydrogen-bond acceptors (Lipinski definition) is 5. The highest BCUT2D eigenvalue weighted by Gasteiger charge is 2.18. The molecular weight excluding hydrogens is 264 g/mol. The lowest BCUT2D eigenvalue weighted by atomic mass is 10.2. The van der Waals surface area contributed by atoms with Gasteiger partial charge in [0.05, 0.1) is 19.0 Å². The van der Waals surface area contributed by atoms with Gasteiger partial charge in [-0.2, -0.15) is 0 Å². The van der Waals surface area contributed by atoms with Crippen molar-refractivity contribution in [2.24, 2.45) is 0 Å². The molecule has 0 unspecified atom stereocenters. The third-order valence-electron chi connectivity index (χ3n) is 3.79. The van der Waals surface area contributed by atoms with Crippen LogP contribution in [-0.4, -0.2) is 38.3 Å². The molecule has 1 aliphatic heterocycles.